The summed E-state index contributed by atoms with van der Waals surface area (Å²) in [5.41, 5.74) is 6.14. The number of allylic oxidation sites excluding steroid dienone is 1. The third-order valence-corrected chi connectivity index (χ3v) is 7.35. The lowest BCUT2D eigenvalue weighted by Gasteiger charge is -2.30. The summed E-state index contributed by atoms with van der Waals surface area (Å²) in [6, 6.07) is 31.2. The van der Waals surface area contributed by atoms with E-state index < -0.39 is 0 Å². The molecular weight excluding hydrogens is 456 g/mol. The fourth-order valence-electron chi connectivity index (χ4n) is 5.46. The maximum absolute atomic E-state index is 13.8. The van der Waals surface area contributed by atoms with Crippen LogP contribution in [0.25, 0.3) is 10.8 Å². The molecule has 1 heterocycles. The third-order valence-electron chi connectivity index (χ3n) is 7.35. The molecule has 1 aliphatic carbocycles. The van der Waals surface area contributed by atoms with Crippen LogP contribution in [0.15, 0.2) is 102 Å². The van der Waals surface area contributed by atoms with Crippen LogP contribution in [0.4, 0.5) is 11.4 Å². The van der Waals surface area contributed by atoms with Gasteiger partial charge in [-0.2, -0.15) is 0 Å². The third kappa shape index (κ3) is 4.72. The van der Waals surface area contributed by atoms with Gasteiger partial charge in [-0.1, -0.05) is 74.5 Å². The lowest BCUT2D eigenvalue weighted by atomic mass is 9.78. The topological polar surface area (TPSA) is 50.4 Å². The maximum atomic E-state index is 13.8. The van der Waals surface area contributed by atoms with E-state index in [-0.39, 0.29) is 17.7 Å². The van der Waals surface area contributed by atoms with E-state index in [2.05, 4.69) is 91.2 Å². The minimum absolute atomic E-state index is 0.125. The average molecular weight is 489 g/mol. The van der Waals surface area contributed by atoms with Gasteiger partial charge in [-0.25, -0.2) is 0 Å². The fourth-order valence-corrected chi connectivity index (χ4v) is 5.46. The van der Waals surface area contributed by atoms with E-state index in [1.165, 1.54) is 16.3 Å². The Morgan fingerprint density at radius 2 is 1.51 bits per heavy atom. The van der Waals surface area contributed by atoms with E-state index in [1.54, 1.807) is 0 Å². The van der Waals surface area contributed by atoms with Crippen LogP contribution < -0.4 is 15.4 Å². The number of carbonyl (C=O) groups is 1. The highest BCUT2D eigenvalue weighted by Crippen LogP contribution is 2.44. The number of hydrogen-bond acceptors (Lipinski definition) is 4. The zero-order valence-electron chi connectivity index (χ0n) is 21.3. The van der Waals surface area contributed by atoms with Gasteiger partial charge in [0.15, 0.2) is 5.78 Å². The highest BCUT2D eigenvalue weighted by atomic mass is 16.5. The van der Waals surface area contributed by atoms with Crippen molar-refractivity contribution in [3.05, 3.63) is 113 Å². The Labute approximate surface area is 218 Å². The Morgan fingerprint density at radius 3 is 2.30 bits per heavy atom. The molecule has 0 radical (unpaired) electrons. The van der Waals surface area contributed by atoms with E-state index in [4.69, 9.17) is 4.74 Å². The van der Waals surface area contributed by atoms with Crippen LogP contribution in [0.2, 0.25) is 0 Å². The quantitative estimate of drug-likeness (QED) is 0.300. The van der Waals surface area contributed by atoms with E-state index in [9.17, 15) is 4.79 Å². The number of Topliss-reactive ketones (excluding diaryl/α,β-unsaturated/α-hetero) is 1. The van der Waals surface area contributed by atoms with Crippen molar-refractivity contribution in [2.45, 2.75) is 38.6 Å². The number of benzene rings is 4. The number of nitrogens with one attached hydrogen (secondary N) is 2. The Balaban J connectivity index is 1.36. The van der Waals surface area contributed by atoms with Gasteiger partial charge in [-0.15, -0.1) is 0 Å². The predicted molar refractivity (Wildman–Crippen MR) is 151 cm³/mol. The van der Waals surface area contributed by atoms with Crippen LogP contribution in [-0.2, 0) is 4.79 Å². The summed E-state index contributed by atoms with van der Waals surface area (Å²) in [6.07, 6.45) is 1.28. The number of anilines is 2. The summed E-state index contributed by atoms with van der Waals surface area (Å²) in [4.78, 5) is 13.8. The molecule has 0 amide bonds. The van der Waals surface area contributed by atoms with Gasteiger partial charge in [0.05, 0.1) is 24.0 Å². The summed E-state index contributed by atoms with van der Waals surface area (Å²) >= 11 is 0. The first kappa shape index (κ1) is 23.4. The van der Waals surface area contributed by atoms with Gasteiger partial charge in [0.2, 0.25) is 0 Å². The molecule has 37 heavy (non-hydrogen) atoms. The summed E-state index contributed by atoms with van der Waals surface area (Å²) < 4.78 is 5.87. The Kier molecular flexibility index (Phi) is 6.17. The highest BCUT2D eigenvalue weighted by Gasteiger charge is 2.36. The fraction of sp³-hybridized carbons (Fsp3) is 0.242. The Morgan fingerprint density at radius 1 is 0.811 bits per heavy atom. The summed E-state index contributed by atoms with van der Waals surface area (Å²) in [6.45, 7) is 4.99. The molecule has 0 saturated carbocycles. The zero-order valence-corrected chi connectivity index (χ0v) is 21.3. The molecular formula is C33H32N2O2. The second kappa shape index (κ2) is 9.78. The van der Waals surface area contributed by atoms with Gasteiger partial charge in [-0.05, 0) is 70.5 Å². The van der Waals surface area contributed by atoms with Gasteiger partial charge in [0.25, 0.3) is 0 Å². The minimum atomic E-state index is -0.212. The van der Waals surface area contributed by atoms with Gasteiger partial charge < -0.3 is 15.4 Å². The van der Waals surface area contributed by atoms with E-state index >= 15 is 0 Å². The van der Waals surface area contributed by atoms with Crippen LogP contribution in [0.5, 0.6) is 5.75 Å². The van der Waals surface area contributed by atoms with Crippen LogP contribution in [0.1, 0.15) is 49.8 Å². The number of hydrogen-bond donors (Lipinski definition) is 2. The lowest BCUT2D eigenvalue weighted by molar-refractivity contribution is -0.116. The lowest BCUT2D eigenvalue weighted by Crippen LogP contribution is -2.26. The van der Waals surface area contributed by atoms with Crippen LogP contribution in [0, 0.1) is 5.92 Å². The molecule has 6 rings (SSSR count). The Hall–Kier alpha value is -4.05. The molecule has 0 spiro atoms. The molecule has 4 nitrogen and oxygen atoms in total. The van der Waals surface area contributed by atoms with Crippen LogP contribution in [0.3, 0.4) is 0 Å². The van der Waals surface area contributed by atoms with Crippen molar-refractivity contribution in [3.63, 3.8) is 0 Å². The summed E-state index contributed by atoms with van der Waals surface area (Å²) in [5.74, 6) is 1.67. The molecule has 2 unspecified atom stereocenters. The van der Waals surface area contributed by atoms with Crippen molar-refractivity contribution in [1.82, 2.24) is 0 Å². The molecule has 1 aliphatic heterocycles. The van der Waals surface area contributed by atoms with Crippen molar-refractivity contribution >= 4 is 27.9 Å². The van der Waals surface area contributed by atoms with Crippen LogP contribution in [-0.4, -0.2) is 12.4 Å². The van der Waals surface area contributed by atoms with Crippen molar-refractivity contribution in [2.75, 3.05) is 17.2 Å². The van der Waals surface area contributed by atoms with Crippen molar-refractivity contribution < 1.29 is 9.53 Å². The number of fused-ring (bicyclic) bond motifs is 2. The number of rotatable bonds is 5. The maximum Gasteiger partial charge on any atom is 0.163 e. The molecule has 2 aliphatic rings. The second-order valence-corrected chi connectivity index (χ2v) is 10.5. The van der Waals surface area contributed by atoms with Gasteiger partial charge in [0, 0.05) is 17.7 Å². The highest BCUT2D eigenvalue weighted by molar-refractivity contribution is 6.01. The van der Waals surface area contributed by atoms with E-state index in [0.29, 0.717) is 18.9 Å². The average Bonchev–Trinajstić information content (AvgIpc) is 3.09. The molecule has 0 saturated heterocycles. The first-order valence-electron chi connectivity index (χ1n) is 13.2. The van der Waals surface area contributed by atoms with Gasteiger partial charge in [0.1, 0.15) is 5.75 Å². The standard InChI is InChI=1S/C33H32N2O2/c1-21(2)20-37-27-15-13-23(14-16-27)26-18-30-32(31(36)19-26)33(35-29-10-6-5-9-28(29)34-30)25-12-11-22-7-3-4-8-24(22)17-25/h3-17,21,26,33-35H,18-20H2,1-2H3. The Bertz CT molecular complexity index is 1490. The summed E-state index contributed by atoms with van der Waals surface area (Å²) in [7, 11) is 0. The molecule has 2 atom stereocenters. The molecule has 186 valence electrons. The molecule has 0 aromatic heterocycles. The van der Waals surface area contributed by atoms with Gasteiger partial charge in [-0.3, -0.25) is 4.79 Å². The van der Waals surface area contributed by atoms with Crippen LogP contribution >= 0.6 is 0 Å². The second-order valence-electron chi connectivity index (χ2n) is 10.5. The molecule has 0 fully saturated rings. The van der Waals surface area contributed by atoms with Crippen molar-refractivity contribution in [3.8, 4) is 5.75 Å². The monoisotopic (exact) mass is 488 g/mol. The largest absolute Gasteiger partial charge is 0.493 e. The normalized spacial score (nSPS) is 19.1. The van der Waals surface area contributed by atoms with Crippen molar-refractivity contribution in [2.24, 2.45) is 5.92 Å². The molecule has 4 aromatic rings. The SMILES string of the molecule is CC(C)COc1ccc(C2CC(=O)C3=C(C2)Nc2ccccc2NC3c2ccc3ccccc3c2)cc1. The zero-order chi connectivity index (χ0) is 25.4. The molecule has 4 aromatic carbocycles. The van der Waals surface area contributed by atoms with E-state index in [1.807, 2.05) is 24.3 Å². The van der Waals surface area contributed by atoms with Gasteiger partial charge >= 0.3 is 0 Å². The smallest absolute Gasteiger partial charge is 0.163 e. The summed E-state index contributed by atoms with van der Waals surface area (Å²) in [5, 5.41) is 9.72. The van der Waals surface area contributed by atoms with Crippen molar-refractivity contribution in [1.29, 1.82) is 0 Å². The first-order chi connectivity index (χ1) is 18.0. The number of para-hydroxylation sites is 2. The van der Waals surface area contributed by atoms with E-state index in [0.717, 1.165) is 40.4 Å². The minimum Gasteiger partial charge on any atom is -0.493 e. The number of ketones is 1. The molecule has 2 N–H and O–H groups in total. The molecule has 4 heteroatoms. The predicted octanol–water partition coefficient (Wildman–Crippen LogP) is 7.85. The molecule has 0 bridgehead atoms. The first-order valence-corrected chi connectivity index (χ1v) is 13.2. The number of ether oxygens (including phenoxy) is 1. The number of carbonyl (C=O) groups excluding carboxylic acids is 1.